The number of sulfonamides is 1. The van der Waals surface area contributed by atoms with Crippen molar-refractivity contribution in [2.24, 2.45) is 5.41 Å². The molecule has 0 aliphatic rings. The average molecular weight is 313 g/mol. The third-order valence-electron chi connectivity index (χ3n) is 3.24. The van der Waals surface area contributed by atoms with Crippen molar-refractivity contribution >= 4 is 16.0 Å². The standard InChI is InChI=1S/C15H23NO4S/c1-10(2)11-6-8-12(9-7-11)21(19,20)16-13(14(17)18)15(3,4)5/h6-10,13,16H,1-5H3,(H,17,18). The third kappa shape index (κ3) is 4.54. The van der Waals surface area contributed by atoms with Crippen molar-refractivity contribution in [1.29, 1.82) is 0 Å². The van der Waals surface area contributed by atoms with E-state index in [2.05, 4.69) is 4.72 Å². The minimum Gasteiger partial charge on any atom is -0.480 e. The van der Waals surface area contributed by atoms with Crippen LogP contribution in [0, 0.1) is 5.41 Å². The van der Waals surface area contributed by atoms with Crippen LogP contribution in [0.25, 0.3) is 0 Å². The minimum atomic E-state index is -3.86. The molecule has 0 aliphatic carbocycles. The molecule has 0 spiro atoms. The van der Waals surface area contributed by atoms with Gasteiger partial charge in [-0.15, -0.1) is 0 Å². The first-order valence-electron chi connectivity index (χ1n) is 6.80. The minimum absolute atomic E-state index is 0.0717. The van der Waals surface area contributed by atoms with Gasteiger partial charge in [-0.2, -0.15) is 4.72 Å². The van der Waals surface area contributed by atoms with Gasteiger partial charge in [-0.1, -0.05) is 46.8 Å². The highest BCUT2D eigenvalue weighted by molar-refractivity contribution is 7.89. The Bertz CT molecular complexity index is 598. The van der Waals surface area contributed by atoms with E-state index in [0.717, 1.165) is 5.56 Å². The van der Waals surface area contributed by atoms with Gasteiger partial charge in [-0.25, -0.2) is 8.42 Å². The van der Waals surface area contributed by atoms with Gasteiger partial charge in [0, 0.05) is 0 Å². The van der Waals surface area contributed by atoms with Crippen LogP contribution in [0.3, 0.4) is 0 Å². The lowest BCUT2D eigenvalue weighted by molar-refractivity contribution is -0.141. The molecule has 118 valence electrons. The quantitative estimate of drug-likeness (QED) is 0.875. The summed E-state index contributed by atoms with van der Waals surface area (Å²) in [6.07, 6.45) is 0. The first-order valence-corrected chi connectivity index (χ1v) is 8.28. The molecule has 0 saturated carbocycles. The van der Waals surface area contributed by atoms with Crippen molar-refractivity contribution in [3.05, 3.63) is 29.8 Å². The van der Waals surface area contributed by atoms with Gasteiger partial charge in [-0.3, -0.25) is 4.79 Å². The molecule has 1 aromatic carbocycles. The Hall–Kier alpha value is -1.40. The maximum absolute atomic E-state index is 12.3. The summed E-state index contributed by atoms with van der Waals surface area (Å²) >= 11 is 0. The second-order valence-corrected chi connectivity index (χ2v) is 8.20. The fourth-order valence-corrected chi connectivity index (χ4v) is 3.25. The van der Waals surface area contributed by atoms with Crippen molar-refractivity contribution in [1.82, 2.24) is 4.72 Å². The van der Waals surface area contributed by atoms with Gasteiger partial charge < -0.3 is 5.11 Å². The molecule has 1 aromatic rings. The summed E-state index contributed by atoms with van der Waals surface area (Å²) in [4.78, 5) is 11.3. The molecule has 0 heterocycles. The second-order valence-electron chi connectivity index (χ2n) is 6.48. The Morgan fingerprint density at radius 3 is 1.95 bits per heavy atom. The van der Waals surface area contributed by atoms with Crippen LogP contribution in [0.15, 0.2) is 29.2 Å². The maximum Gasteiger partial charge on any atom is 0.322 e. The topological polar surface area (TPSA) is 83.5 Å². The first kappa shape index (κ1) is 17.7. The molecule has 0 bridgehead atoms. The Labute approximate surface area is 126 Å². The normalized spacial score (nSPS) is 14.2. The van der Waals surface area contributed by atoms with E-state index in [1.165, 1.54) is 12.1 Å². The van der Waals surface area contributed by atoms with E-state index in [0.29, 0.717) is 5.92 Å². The van der Waals surface area contributed by atoms with Crippen LogP contribution in [0.2, 0.25) is 0 Å². The predicted molar refractivity (Wildman–Crippen MR) is 81.7 cm³/mol. The molecule has 0 fully saturated rings. The van der Waals surface area contributed by atoms with E-state index < -0.39 is 27.4 Å². The Kier molecular flexibility index (Phi) is 5.17. The lowest BCUT2D eigenvalue weighted by Gasteiger charge is -2.27. The smallest absolute Gasteiger partial charge is 0.322 e. The van der Waals surface area contributed by atoms with Gasteiger partial charge in [0.2, 0.25) is 10.0 Å². The molecule has 1 unspecified atom stereocenters. The van der Waals surface area contributed by atoms with Crippen LogP contribution in [-0.4, -0.2) is 25.5 Å². The maximum atomic E-state index is 12.3. The second kappa shape index (κ2) is 6.15. The van der Waals surface area contributed by atoms with Gasteiger partial charge in [0.15, 0.2) is 0 Å². The van der Waals surface area contributed by atoms with Crippen molar-refractivity contribution in [2.75, 3.05) is 0 Å². The molecular weight excluding hydrogens is 290 g/mol. The zero-order chi connectivity index (χ0) is 16.4. The third-order valence-corrected chi connectivity index (χ3v) is 4.68. The van der Waals surface area contributed by atoms with Gasteiger partial charge in [0.25, 0.3) is 0 Å². The number of hydrogen-bond donors (Lipinski definition) is 2. The van der Waals surface area contributed by atoms with E-state index in [9.17, 15) is 18.3 Å². The predicted octanol–water partition coefficient (Wildman–Crippen LogP) is 2.59. The zero-order valence-corrected chi connectivity index (χ0v) is 13.9. The van der Waals surface area contributed by atoms with Crippen LogP contribution in [0.5, 0.6) is 0 Å². The van der Waals surface area contributed by atoms with Gasteiger partial charge >= 0.3 is 5.97 Å². The van der Waals surface area contributed by atoms with Gasteiger partial charge in [-0.05, 0) is 29.0 Å². The molecule has 0 amide bonds. The van der Waals surface area contributed by atoms with Crippen molar-refractivity contribution in [3.8, 4) is 0 Å². The number of carboxylic acid groups (broad SMARTS) is 1. The van der Waals surface area contributed by atoms with E-state index in [4.69, 9.17) is 0 Å². The molecule has 0 aromatic heterocycles. The number of nitrogens with one attached hydrogen (secondary N) is 1. The van der Waals surface area contributed by atoms with Crippen LogP contribution in [0.4, 0.5) is 0 Å². The highest BCUT2D eigenvalue weighted by atomic mass is 32.2. The zero-order valence-electron chi connectivity index (χ0n) is 13.0. The monoisotopic (exact) mass is 313 g/mol. The summed E-state index contributed by atoms with van der Waals surface area (Å²) in [5.41, 5.74) is 0.302. The van der Waals surface area contributed by atoms with E-state index in [1.807, 2.05) is 13.8 Å². The molecule has 0 radical (unpaired) electrons. The van der Waals surface area contributed by atoms with E-state index >= 15 is 0 Å². The van der Waals surface area contributed by atoms with E-state index in [-0.39, 0.29) is 4.90 Å². The molecule has 21 heavy (non-hydrogen) atoms. The molecule has 0 saturated heterocycles. The number of hydrogen-bond acceptors (Lipinski definition) is 3. The molecule has 6 heteroatoms. The molecule has 1 atom stereocenters. The Morgan fingerprint density at radius 2 is 1.62 bits per heavy atom. The molecule has 0 aliphatic heterocycles. The molecule has 2 N–H and O–H groups in total. The van der Waals surface area contributed by atoms with Crippen LogP contribution in [-0.2, 0) is 14.8 Å². The van der Waals surface area contributed by atoms with E-state index in [1.54, 1.807) is 32.9 Å². The molecular formula is C15H23NO4S. The fourth-order valence-electron chi connectivity index (χ4n) is 1.85. The summed E-state index contributed by atoms with van der Waals surface area (Å²) in [5.74, 6) is -0.888. The Balaban J connectivity index is 3.08. The summed E-state index contributed by atoms with van der Waals surface area (Å²) in [6, 6.07) is 5.30. The lowest BCUT2D eigenvalue weighted by atomic mass is 9.88. The Morgan fingerprint density at radius 1 is 1.14 bits per heavy atom. The SMILES string of the molecule is CC(C)c1ccc(S(=O)(=O)NC(C(=O)O)C(C)(C)C)cc1. The van der Waals surface area contributed by atoms with Crippen molar-refractivity contribution < 1.29 is 18.3 Å². The average Bonchev–Trinajstić information content (AvgIpc) is 2.34. The van der Waals surface area contributed by atoms with Gasteiger partial charge in [0.1, 0.15) is 6.04 Å². The van der Waals surface area contributed by atoms with Crippen LogP contribution in [0.1, 0.15) is 46.1 Å². The fraction of sp³-hybridized carbons (Fsp3) is 0.533. The highest BCUT2D eigenvalue weighted by Gasteiger charge is 2.35. The number of benzene rings is 1. The van der Waals surface area contributed by atoms with Gasteiger partial charge in [0.05, 0.1) is 4.90 Å². The molecule has 5 nitrogen and oxygen atoms in total. The van der Waals surface area contributed by atoms with Crippen LogP contribution >= 0.6 is 0 Å². The number of aliphatic carboxylic acids is 1. The largest absolute Gasteiger partial charge is 0.480 e. The summed E-state index contributed by atoms with van der Waals surface area (Å²) in [6.45, 7) is 9.06. The van der Waals surface area contributed by atoms with Crippen LogP contribution < -0.4 is 4.72 Å². The summed E-state index contributed by atoms with van der Waals surface area (Å²) in [7, 11) is -3.86. The lowest BCUT2D eigenvalue weighted by Crippen LogP contribution is -2.48. The number of rotatable bonds is 5. The summed E-state index contributed by atoms with van der Waals surface area (Å²) < 4.78 is 26.9. The number of carbonyl (C=O) groups is 1. The molecule has 1 rings (SSSR count). The summed E-state index contributed by atoms with van der Waals surface area (Å²) in [5, 5.41) is 9.21. The first-order chi connectivity index (χ1) is 9.45. The highest BCUT2D eigenvalue weighted by Crippen LogP contribution is 2.23. The van der Waals surface area contributed by atoms with Crippen molar-refractivity contribution in [3.63, 3.8) is 0 Å². The number of carboxylic acids is 1. The van der Waals surface area contributed by atoms with Crippen molar-refractivity contribution in [2.45, 2.75) is 51.5 Å².